The van der Waals surface area contributed by atoms with Crippen molar-refractivity contribution >= 4 is 23.5 Å². The Kier molecular flexibility index (Phi) is 7.78. The van der Waals surface area contributed by atoms with Crippen LogP contribution in [0.4, 0.5) is 0 Å². The van der Waals surface area contributed by atoms with Gasteiger partial charge in [0.1, 0.15) is 0 Å². The van der Waals surface area contributed by atoms with E-state index in [1.165, 1.54) is 29.3 Å². The summed E-state index contributed by atoms with van der Waals surface area (Å²) in [7, 11) is 0. The van der Waals surface area contributed by atoms with Crippen LogP contribution in [0.1, 0.15) is 38.6 Å². The maximum absolute atomic E-state index is 4.70. The van der Waals surface area contributed by atoms with Crippen LogP contribution in [0.25, 0.3) is 0 Å². The third-order valence-electron chi connectivity index (χ3n) is 2.16. The van der Waals surface area contributed by atoms with Gasteiger partial charge in [-0.25, -0.2) is 0 Å². The highest BCUT2D eigenvalue weighted by Gasteiger charge is 2.00. The van der Waals surface area contributed by atoms with Crippen molar-refractivity contribution in [3.05, 3.63) is 29.6 Å². The Morgan fingerprint density at radius 1 is 1.12 bits per heavy atom. The van der Waals surface area contributed by atoms with Gasteiger partial charge in [0.05, 0.1) is 11.4 Å². The smallest absolute Gasteiger partial charge is 0.0506 e. The van der Waals surface area contributed by atoms with Gasteiger partial charge in [0, 0.05) is 11.5 Å². The molecule has 1 rings (SSSR count). The first-order chi connectivity index (χ1) is 8.22. The lowest BCUT2D eigenvalue weighted by atomic mass is 10.3. The maximum Gasteiger partial charge on any atom is 0.0506 e. The van der Waals surface area contributed by atoms with Crippen molar-refractivity contribution in [2.24, 2.45) is 5.92 Å². The highest BCUT2D eigenvalue weighted by molar-refractivity contribution is 7.98. The van der Waals surface area contributed by atoms with Crippen molar-refractivity contribution in [3.63, 3.8) is 0 Å². The van der Waals surface area contributed by atoms with E-state index in [0.717, 1.165) is 17.4 Å². The second-order valence-corrected chi connectivity index (χ2v) is 6.72. The summed E-state index contributed by atoms with van der Waals surface area (Å²) in [6.45, 7) is 6.75. The zero-order valence-corrected chi connectivity index (χ0v) is 12.7. The summed E-state index contributed by atoms with van der Waals surface area (Å²) in [6.07, 6.45) is 1.24. The molecule has 0 radical (unpaired) electrons. The average molecular weight is 269 g/mol. The Bertz CT molecular complexity index is 313. The number of rotatable bonds is 8. The van der Waals surface area contributed by atoms with Gasteiger partial charge in [-0.05, 0) is 36.0 Å². The minimum atomic E-state index is 0.767. The predicted molar refractivity (Wildman–Crippen MR) is 81.7 cm³/mol. The summed E-state index contributed by atoms with van der Waals surface area (Å²) in [4.78, 5) is 4.70. The quantitative estimate of drug-likeness (QED) is 0.639. The van der Waals surface area contributed by atoms with E-state index in [1.807, 2.05) is 23.5 Å². The van der Waals surface area contributed by atoms with Crippen LogP contribution in [0.2, 0.25) is 0 Å². The molecule has 0 N–H and O–H groups in total. The van der Waals surface area contributed by atoms with Crippen molar-refractivity contribution < 1.29 is 0 Å². The normalized spacial score (nSPS) is 11.1. The van der Waals surface area contributed by atoms with Gasteiger partial charge in [-0.15, -0.1) is 0 Å². The average Bonchev–Trinajstić information content (AvgIpc) is 2.29. The van der Waals surface area contributed by atoms with Crippen LogP contribution >= 0.6 is 23.5 Å². The Labute approximate surface area is 114 Å². The molecule has 0 aromatic carbocycles. The molecule has 96 valence electrons. The highest BCUT2D eigenvalue weighted by atomic mass is 32.2. The third-order valence-corrected chi connectivity index (χ3v) is 4.76. The highest BCUT2D eigenvalue weighted by Crippen LogP contribution is 2.16. The van der Waals surface area contributed by atoms with Gasteiger partial charge in [-0.2, -0.15) is 23.5 Å². The molecular weight excluding hydrogens is 246 g/mol. The van der Waals surface area contributed by atoms with Gasteiger partial charge in [-0.1, -0.05) is 26.8 Å². The van der Waals surface area contributed by atoms with Gasteiger partial charge in [-0.3, -0.25) is 4.98 Å². The van der Waals surface area contributed by atoms with E-state index < -0.39 is 0 Å². The summed E-state index contributed by atoms with van der Waals surface area (Å²) < 4.78 is 0. The SMILES string of the molecule is CCCSCc1cccc(CSCC(C)C)n1. The second kappa shape index (κ2) is 8.87. The summed E-state index contributed by atoms with van der Waals surface area (Å²) in [6, 6.07) is 6.42. The summed E-state index contributed by atoms with van der Waals surface area (Å²) in [5.74, 6) is 5.31. The minimum absolute atomic E-state index is 0.767. The first-order valence-electron chi connectivity index (χ1n) is 6.32. The molecule has 1 aromatic rings. The predicted octanol–water partition coefficient (Wildman–Crippen LogP) is 4.61. The largest absolute Gasteiger partial charge is 0.256 e. The van der Waals surface area contributed by atoms with Crippen molar-refractivity contribution in [3.8, 4) is 0 Å². The maximum atomic E-state index is 4.70. The molecule has 1 heterocycles. The van der Waals surface area contributed by atoms with Gasteiger partial charge < -0.3 is 0 Å². The van der Waals surface area contributed by atoms with Crippen LogP contribution in [-0.4, -0.2) is 16.5 Å². The second-order valence-electron chi connectivity index (χ2n) is 4.58. The zero-order valence-electron chi connectivity index (χ0n) is 11.1. The molecule has 0 bridgehead atoms. The first kappa shape index (κ1) is 14.9. The van der Waals surface area contributed by atoms with Gasteiger partial charge in [0.2, 0.25) is 0 Å². The zero-order chi connectivity index (χ0) is 12.5. The molecule has 1 nitrogen and oxygen atoms in total. The molecule has 17 heavy (non-hydrogen) atoms. The Morgan fingerprint density at radius 3 is 2.35 bits per heavy atom. The molecule has 0 atom stereocenters. The van der Waals surface area contributed by atoms with E-state index in [1.54, 1.807) is 0 Å². The van der Waals surface area contributed by atoms with E-state index in [2.05, 4.69) is 39.0 Å². The number of hydrogen-bond donors (Lipinski definition) is 0. The molecule has 0 fully saturated rings. The Balaban J connectivity index is 2.37. The van der Waals surface area contributed by atoms with Crippen LogP contribution in [-0.2, 0) is 11.5 Å². The fourth-order valence-corrected chi connectivity index (χ4v) is 3.17. The fraction of sp³-hybridized carbons (Fsp3) is 0.643. The number of nitrogens with zero attached hydrogens (tertiary/aromatic N) is 1. The van der Waals surface area contributed by atoms with E-state index in [9.17, 15) is 0 Å². The Morgan fingerprint density at radius 2 is 1.76 bits per heavy atom. The van der Waals surface area contributed by atoms with Gasteiger partial charge in [0.25, 0.3) is 0 Å². The van der Waals surface area contributed by atoms with Crippen molar-refractivity contribution in [1.29, 1.82) is 0 Å². The van der Waals surface area contributed by atoms with Crippen LogP contribution in [0.5, 0.6) is 0 Å². The van der Waals surface area contributed by atoms with Crippen molar-refractivity contribution in [1.82, 2.24) is 4.98 Å². The van der Waals surface area contributed by atoms with Crippen LogP contribution in [0, 0.1) is 5.92 Å². The molecule has 0 unspecified atom stereocenters. The summed E-state index contributed by atoms with van der Waals surface area (Å²) >= 11 is 3.96. The molecule has 0 saturated carbocycles. The van der Waals surface area contributed by atoms with E-state index in [4.69, 9.17) is 4.98 Å². The molecule has 1 aromatic heterocycles. The monoisotopic (exact) mass is 269 g/mol. The van der Waals surface area contributed by atoms with Crippen molar-refractivity contribution in [2.45, 2.75) is 38.7 Å². The molecule has 3 heteroatoms. The van der Waals surface area contributed by atoms with Gasteiger partial charge in [0.15, 0.2) is 0 Å². The Hall–Kier alpha value is -0.150. The van der Waals surface area contributed by atoms with E-state index in [0.29, 0.717) is 0 Å². The summed E-state index contributed by atoms with van der Waals surface area (Å²) in [5, 5.41) is 0. The number of pyridine rings is 1. The number of hydrogen-bond acceptors (Lipinski definition) is 3. The molecule has 0 aliphatic heterocycles. The standard InChI is InChI=1S/C14H23NS2/c1-4-8-16-10-13-6-5-7-14(15-13)11-17-9-12(2)3/h5-7,12H,4,8-11H2,1-3H3. The lowest BCUT2D eigenvalue weighted by Gasteiger charge is -2.06. The van der Waals surface area contributed by atoms with E-state index >= 15 is 0 Å². The molecule has 0 aliphatic carbocycles. The summed E-state index contributed by atoms with van der Waals surface area (Å²) in [5.41, 5.74) is 2.45. The van der Waals surface area contributed by atoms with Crippen LogP contribution < -0.4 is 0 Å². The molecule has 0 aliphatic rings. The van der Waals surface area contributed by atoms with Crippen LogP contribution in [0.15, 0.2) is 18.2 Å². The minimum Gasteiger partial charge on any atom is -0.256 e. The lowest BCUT2D eigenvalue weighted by molar-refractivity contribution is 0.750. The molecule has 0 spiro atoms. The lowest BCUT2D eigenvalue weighted by Crippen LogP contribution is -1.95. The van der Waals surface area contributed by atoms with Crippen LogP contribution in [0.3, 0.4) is 0 Å². The molecular formula is C14H23NS2. The number of thioether (sulfide) groups is 2. The van der Waals surface area contributed by atoms with E-state index in [-0.39, 0.29) is 0 Å². The fourth-order valence-electron chi connectivity index (χ4n) is 1.41. The topological polar surface area (TPSA) is 12.9 Å². The number of aromatic nitrogens is 1. The van der Waals surface area contributed by atoms with Gasteiger partial charge >= 0.3 is 0 Å². The third kappa shape index (κ3) is 6.99. The molecule has 0 amide bonds. The van der Waals surface area contributed by atoms with Crippen molar-refractivity contribution in [2.75, 3.05) is 11.5 Å². The molecule has 0 saturated heterocycles. The first-order valence-corrected chi connectivity index (χ1v) is 8.63.